The van der Waals surface area contributed by atoms with Gasteiger partial charge in [0, 0.05) is 41.4 Å². The van der Waals surface area contributed by atoms with Crippen LogP contribution < -0.4 is 10.1 Å². The van der Waals surface area contributed by atoms with Crippen molar-refractivity contribution in [2.75, 3.05) is 0 Å². The zero-order valence-electron chi connectivity index (χ0n) is 22.2. The zero-order valence-corrected chi connectivity index (χ0v) is 22.2. The number of ether oxygens (including phenoxy) is 1. The summed E-state index contributed by atoms with van der Waals surface area (Å²) in [6, 6.07) is 24.4. The Morgan fingerprint density at radius 3 is 2.51 bits per heavy atom. The Morgan fingerprint density at radius 2 is 1.82 bits per heavy atom. The molecule has 2 bridgehead atoms. The molecule has 6 rings (SSSR count). The molecular formula is C32H34N4O3. The van der Waals surface area contributed by atoms with Crippen LogP contribution in [0.4, 0.5) is 0 Å². The van der Waals surface area contributed by atoms with Crippen molar-refractivity contribution in [3.63, 3.8) is 0 Å². The van der Waals surface area contributed by atoms with E-state index in [0.717, 1.165) is 78.4 Å². The van der Waals surface area contributed by atoms with Crippen LogP contribution in [0.1, 0.15) is 67.4 Å². The lowest BCUT2D eigenvalue weighted by Gasteiger charge is -2.36. The largest absolute Gasteiger partial charge is 0.490 e. The number of carbonyl (C=O) groups excluding carboxylic acids is 2. The molecule has 200 valence electrons. The number of hydrogen-bond acceptors (Lipinski definition) is 4. The first-order valence-corrected chi connectivity index (χ1v) is 14.0. The van der Waals surface area contributed by atoms with Gasteiger partial charge in [0.2, 0.25) is 6.41 Å². The number of nitrogens with zero attached hydrogens (tertiary/aromatic N) is 2. The highest BCUT2D eigenvalue weighted by molar-refractivity contribution is 6.01. The summed E-state index contributed by atoms with van der Waals surface area (Å²) < 4.78 is 6.31. The third-order valence-corrected chi connectivity index (χ3v) is 8.21. The number of nitrogens with one attached hydrogen (secondary N) is 2. The Kier molecular flexibility index (Phi) is 7.05. The molecule has 39 heavy (non-hydrogen) atoms. The van der Waals surface area contributed by atoms with Gasteiger partial charge in [-0.3, -0.25) is 14.7 Å². The van der Waals surface area contributed by atoms with Crippen LogP contribution in [-0.2, 0) is 4.79 Å². The zero-order chi connectivity index (χ0) is 26.8. The van der Waals surface area contributed by atoms with Crippen LogP contribution >= 0.6 is 0 Å². The molecule has 3 atom stereocenters. The van der Waals surface area contributed by atoms with Gasteiger partial charge >= 0.3 is 0 Å². The van der Waals surface area contributed by atoms with Crippen molar-refractivity contribution >= 4 is 23.2 Å². The Labute approximate surface area is 228 Å². The van der Waals surface area contributed by atoms with Crippen LogP contribution in [0.5, 0.6) is 5.75 Å². The molecule has 0 saturated carbocycles. The first-order valence-electron chi connectivity index (χ1n) is 14.0. The molecule has 2 amide bonds. The number of carbonyl (C=O) groups is 2. The summed E-state index contributed by atoms with van der Waals surface area (Å²) in [5.74, 6) is 0.732. The van der Waals surface area contributed by atoms with E-state index in [-0.39, 0.29) is 18.1 Å². The van der Waals surface area contributed by atoms with Crippen LogP contribution in [0.25, 0.3) is 22.2 Å². The monoisotopic (exact) mass is 522 g/mol. The molecule has 0 aliphatic carbocycles. The average molecular weight is 523 g/mol. The summed E-state index contributed by atoms with van der Waals surface area (Å²) in [7, 11) is 0. The summed E-state index contributed by atoms with van der Waals surface area (Å²) in [6.07, 6.45) is 6.89. The number of hydrogen-bond donors (Lipinski definition) is 2. The Bertz CT molecular complexity index is 1440. The molecule has 2 fully saturated rings. The number of aromatic nitrogens is 2. The van der Waals surface area contributed by atoms with Crippen molar-refractivity contribution in [3.05, 3.63) is 83.9 Å². The summed E-state index contributed by atoms with van der Waals surface area (Å²) in [6.45, 7) is 2.13. The molecule has 4 aromatic rings. The lowest BCUT2D eigenvalue weighted by molar-refractivity contribution is -0.123. The maximum Gasteiger partial charge on any atom is 0.251 e. The fraction of sp³-hybridized carbons (Fsp3) is 0.344. The highest BCUT2D eigenvalue weighted by atomic mass is 16.5. The number of amides is 2. The van der Waals surface area contributed by atoms with Gasteiger partial charge < -0.3 is 15.0 Å². The molecule has 0 spiro atoms. The SMILES string of the molecule is CCC[C@H](NC(=O)c1ccc2[nH]nc(-c3ccc(OC4CC5CCC(C4)N5C=O)cc3)c2c1)c1ccccc1. The standard InChI is InChI=1S/C32H34N4O3/c1-2-6-29(21-7-4-3-5-8-21)33-32(38)23-11-16-30-28(17-23)31(35-34-30)22-9-14-26(15-10-22)39-27-18-24-12-13-25(19-27)36(24)20-37/h3-5,7-11,14-17,20,24-25,27,29H,2,6,12-13,18-19H2,1H3,(H,33,38)(H,34,35)/t24?,25?,27?,29-/m0/s1. The minimum Gasteiger partial charge on any atom is -0.490 e. The van der Waals surface area contributed by atoms with Crippen molar-refractivity contribution in [2.45, 2.75) is 69.7 Å². The number of aromatic amines is 1. The topological polar surface area (TPSA) is 87.3 Å². The average Bonchev–Trinajstić information content (AvgIpc) is 3.50. The van der Waals surface area contributed by atoms with Gasteiger partial charge in [0.05, 0.1) is 17.3 Å². The quantitative estimate of drug-likeness (QED) is 0.263. The van der Waals surface area contributed by atoms with Gasteiger partial charge in [0.1, 0.15) is 11.9 Å². The maximum absolute atomic E-state index is 13.3. The summed E-state index contributed by atoms with van der Waals surface area (Å²) in [5.41, 5.74) is 4.36. The van der Waals surface area contributed by atoms with E-state index in [1.54, 1.807) is 0 Å². The Hall–Kier alpha value is -4.13. The van der Waals surface area contributed by atoms with Crippen molar-refractivity contribution in [1.29, 1.82) is 0 Å². The second-order valence-corrected chi connectivity index (χ2v) is 10.7. The van der Waals surface area contributed by atoms with Gasteiger partial charge in [-0.15, -0.1) is 0 Å². The molecule has 2 saturated heterocycles. The number of fused-ring (bicyclic) bond motifs is 3. The highest BCUT2D eigenvalue weighted by Gasteiger charge is 2.40. The highest BCUT2D eigenvalue weighted by Crippen LogP contribution is 2.36. The van der Waals surface area contributed by atoms with Gasteiger partial charge in [-0.1, -0.05) is 43.7 Å². The van der Waals surface area contributed by atoms with Crippen molar-refractivity contribution in [2.24, 2.45) is 0 Å². The van der Waals surface area contributed by atoms with Crippen LogP contribution in [0, 0.1) is 0 Å². The predicted molar refractivity (Wildman–Crippen MR) is 151 cm³/mol. The van der Waals surface area contributed by atoms with E-state index < -0.39 is 0 Å². The molecule has 2 aliphatic rings. The van der Waals surface area contributed by atoms with Gasteiger partial charge in [-0.25, -0.2) is 0 Å². The Balaban J connectivity index is 1.17. The van der Waals surface area contributed by atoms with Gasteiger partial charge in [0.15, 0.2) is 0 Å². The van der Waals surface area contributed by atoms with E-state index in [1.165, 1.54) is 0 Å². The number of H-pyrrole nitrogens is 1. The third kappa shape index (κ3) is 5.13. The van der Waals surface area contributed by atoms with Gasteiger partial charge in [0.25, 0.3) is 5.91 Å². The number of rotatable bonds is 9. The number of benzene rings is 3. The van der Waals surface area contributed by atoms with Crippen LogP contribution in [0.2, 0.25) is 0 Å². The van der Waals surface area contributed by atoms with Crippen molar-refractivity contribution < 1.29 is 14.3 Å². The summed E-state index contributed by atoms with van der Waals surface area (Å²) in [5, 5.41) is 11.8. The van der Waals surface area contributed by atoms with Crippen LogP contribution in [-0.4, -0.2) is 45.6 Å². The molecule has 0 radical (unpaired) electrons. The minimum absolute atomic E-state index is 0.0309. The van der Waals surface area contributed by atoms with Crippen LogP contribution in [0.3, 0.4) is 0 Å². The number of piperidine rings is 1. The van der Waals surface area contributed by atoms with Crippen molar-refractivity contribution in [1.82, 2.24) is 20.4 Å². The summed E-state index contributed by atoms with van der Waals surface area (Å²) >= 11 is 0. The molecule has 2 aliphatic heterocycles. The predicted octanol–water partition coefficient (Wildman–Crippen LogP) is 6.03. The normalized spacial score (nSPS) is 21.1. The summed E-state index contributed by atoms with van der Waals surface area (Å²) in [4.78, 5) is 26.6. The fourth-order valence-electron chi connectivity index (χ4n) is 6.23. The maximum atomic E-state index is 13.3. The van der Waals surface area contributed by atoms with E-state index in [0.29, 0.717) is 17.6 Å². The molecule has 1 aromatic heterocycles. The lowest BCUT2D eigenvalue weighted by atomic mass is 10.0. The Morgan fingerprint density at radius 1 is 1.08 bits per heavy atom. The van der Waals surface area contributed by atoms with Crippen molar-refractivity contribution in [3.8, 4) is 17.0 Å². The molecule has 2 unspecified atom stereocenters. The first-order chi connectivity index (χ1) is 19.1. The lowest BCUT2D eigenvalue weighted by Crippen LogP contribution is -2.45. The molecule has 3 heterocycles. The fourth-order valence-corrected chi connectivity index (χ4v) is 6.23. The first kappa shape index (κ1) is 25.2. The van der Waals surface area contributed by atoms with E-state index in [4.69, 9.17) is 4.74 Å². The van der Waals surface area contributed by atoms with Crippen LogP contribution in [0.15, 0.2) is 72.8 Å². The van der Waals surface area contributed by atoms with Gasteiger partial charge in [-0.2, -0.15) is 5.10 Å². The molecule has 7 nitrogen and oxygen atoms in total. The second-order valence-electron chi connectivity index (χ2n) is 10.7. The van der Waals surface area contributed by atoms with Gasteiger partial charge in [-0.05, 0) is 67.3 Å². The minimum atomic E-state index is -0.0929. The second kappa shape index (κ2) is 10.9. The molecule has 7 heteroatoms. The molecule has 2 N–H and O–H groups in total. The van der Waals surface area contributed by atoms with E-state index in [9.17, 15) is 9.59 Å². The van der Waals surface area contributed by atoms with E-state index in [1.807, 2.05) is 65.6 Å². The smallest absolute Gasteiger partial charge is 0.251 e. The van der Waals surface area contributed by atoms with E-state index >= 15 is 0 Å². The van der Waals surface area contributed by atoms with E-state index in [2.05, 4.69) is 34.6 Å². The molecular weight excluding hydrogens is 488 g/mol. The molecule has 3 aromatic carbocycles. The third-order valence-electron chi connectivity index (χ3n) is 8.21.